The highest BCUT2D eigenvalue weighted by Gasteiger charge is 2.23. The zero-order valence-corrected chi connectivity index (χ0v) is 17.7. The van der Waals surface area contributed by atoms with Gasteiger partial charge in [-0.1, -0.05) is 20.8 Å². The predicted molar refractivity (Wildman–Crippen MR) is 116 cm³/mol. The zero-order valence-electron chi connectivity index (χ0n) is 17.7. The summed E-state index contributed by atoms with van der Waals surface area (Å²) in [5, 5.41) is 6.77. The van der Waals surface area contributed by atoms with Gasteiger partial charge in [0, 0.05) is 17.8 Å². The van der Waals surface area contributed by atoms with Crippen LogP contribution >= 0.6 is 0 Å². The maximum atomic E-state index is 12.3. The number of carbonyl (C=O) groups excluding carboxylic acids is 1. The van der Waals surface area contributed by atoms with E-state index in [1.54, 1.807) is 7.11 Å². The second-order valence-electron chi connectivity index (χ2n) is 8.97. The first-order chi connectivity index (χ1) is 13.2. The van der Waals surface area contributed by atoms with Crippen molar-refractivity contribution in [3.8, 4) is 5.75 Å². The molecule has 0 radical (unpaired) electrons. The minimum absolute atomic E-state index is 0.0132. The lowest BCUT2D eigenvalue weighted by molar-refractivity contribution is -0.117. The van der Waals surface area contributed by atoms with E-state index in [0.717, 1.165) is 36.4 Å². The molecule has 2 aromatic carbocycles. The summed E-state index contributed by atoms with van der Waals surface area (Å²) in [5.74, 6) is 0.942. The van der Waals surface area contributed by atoms with E-state index in [0.29, 0.717) is 6.42 Å². The van der Waals surface area contributed by atoms with Crippen LogP contribution in [0.4, 0.5) is 11.4 Å². The smallest absolute Gasteiger partial charge is 0.224 e. The van der Waals surface area contributed by atoms with Gasteiger partial charge in [0.1, 0.15) is 5.75 Å². The molecule has 2 N–H and O–H groups in total. The van der Waals surface area contributed by atoms with Crippen molar-refractivity contribution < 1.29 is 9.53 Å². The summed E-state index contributed by atoms with van der Waals surface area (Å²) in [6.45, 7) is 8.40. The van der Waals surface area contributed by atoms with Crippen molar-refractivity contribution in [3.05, 3.63) is 53.1 Å². The Bertz CT molecular complexity index is 835. The molecule has 1 aliphatic rings. The molecule has 1 unspecified atom stereocenters. The number of methoxy groups -OCH3 is 1. The maximum absolute atomic E-state index is 12.3. The first-order valence-corrected chi connectivity index (χ1v) is 10.1. The highest BCUT2D eigenvalue weighted by Crippen LogP contribution is 2.37. The quantitative estimate of drug-likeness (QED) is 0.682. The van der Waals surface area contributed by atoms with Crippen LogP contribution in [-0.2, 0) is 11.2 Å². The van der Waals surface area contributed by atoms with Crippen LogP contribution in [0.1, 0.15) is 62.8 Å². The van der Waals surface area contributed by atoms with Crippen molar-refractivity contribution in [1.82, 2.24) is 0 Å². The number of hydrogen-bond acceptors (Lipinski definition) is 3. The standard InChI is InChI=1S/C24H32N2O2/c1-16-13-19(26-22(27)15-24(2,3)4)14-17-7-6-8-21(23(16)17)25-18-9-11-20(28-5)12-10-18/h9-14,21,25H,6-8,15H2,1-5H3,(H,26,27). The van der Waals surface area contributed by atoms with E-state index in [1.807, 2.05) is 12.1 Å². The lowest BCUT2D eigenvalue weighted by Crippen LogP contribution is -2.21. The molecule has 0 aliphatic heterocycles. The number of nitrogens with one attached hydrogen (secondary N) is 2. The Balaban J connectivity index is 1.78. The van der Waals surface area contributed by atoms with Gasteiger partial charge < -0.3 is 15.4 Å². The number of anilines is 2. The van der Waals surface area contributed by atoms with Crippen LogP contribution in [0.3, 0.4) is 0 Å². The van der Waals surface area contributed by atoms with Gasteiger partial charge in [0.2, 0.25) is 5.91 Å². The van der Waals surface area contributed by atoms with Crippen LogP contribution in [0.15, 0.2) is 36.4 Å². The first kappa shape index (κ1) is 20.2. The second-order valence-corrected chi connectivity index (χ2v) is 8.97. The predicted octanol–water partition coefficient (Wildman–Crippen LogP) is 5.87. The van der Waals surface area contributed by atoms with Gasteiger partial charge in [-0.25, -0.2) is 0 Å². The van der Waals surface area contributed by atoms with Crippen LogP contribution in [0.5, 0.6) is 5.75 Å². The molecule has 4 heteroatoms. The highest BCUT2D eigenvalue weighted by molar-refractivity contribution is 5.91. The summed E-state index contributed by atoms with van der Waals surface area (Å²) in [6.07, 6.45) is 3.82. The Morgan fingerprint density at radius 1 is 1.14 bits per heavy atom. The lowest BCUT2D eigenvalue weighted by Gasteiger charge is -2.30. The van der Waals surface area contributed by atoms with Crippen molar-refractivity contribution in [1.29, 1.82) is 0 Å². The van der Waals surface area contributed by atoms with Crippen molar-refractivity contribution in [2.75, 3.05) is 17.7 Å². The largest absolute Gasteiger partial charge is 0.497 e. The van der Waals surface area contributed by atoms with Gasteiger partial charge in [-0.3, -0.25) is 4.79 Å². The van der Waals surface area contributed by atoms with Crippen LogP contribution < -0.4 is 15.4 Å². The molecule has 150 valence electrons. The monoisotopic (exact) mass is 380 g/mol. The van der Waals surface area contributed by atoms with Crippen molar-refractivity contribution in [2.45, 2.75) is 59.4 Å². The summed E-state index contributed by atoms with van der Waals surface area (Å²) < 4.78 is 5.25. The minimum atomic E-state index is -0.0132. The second kappa shape index (κ2) is 8.26. The molecule has 0 fully saturated rings. The van der Waals surface area contributed by atoms with Crippen molar-refractivity contribution in [3.63, 3.8) is 0 Å². The molecule has 3 rings (SSSR count). The van der Waals surface area contributed by atoms with Gasteiger partial charge in [0.15, 0.2) is 0 Å². The van der Waals surface area contributed by atoms with E-state index in [9.17, 15) is 4.79 Å². The summed E-state index contributed by atoms with van der Waals surface area (Å²) in [6, 6.07) is 12.6. The van der Waals surface area contributed by atoms with E-state index in [-0.39, 0.29) is 17.4 Å². The van der Waals surface area contributed by atoms with Crippen LogP contribution in [0.2, 0.25) is 0 Å². The molecule has 28 heavy (non-hydrogen) atoms. The Hall–Kier alpha value is -2.49. The number of benzene rings is 2. The molecular formula is C24H32N2O2. The summed E-state index contributed by atoms with van der Waals surface area (Å²) in [5.41, 5.74) is 5.94. The average Bonchev–Trinajstić information content (AvgIpc) is 2.60. The topological polar surface area (TPSA) is 50.4 Å². The van der Waals surface area contributed by atoms with Gasteiger partial charge in [-0.2, -0.15) is 0 Å². The summed E-state index contributed by atoms with van der Waals surface area (Å²) >= 11 is 0. The van der Waals surface area contributed by atoms with E-state index < -0.39 is 0 Å². The van der Waals surface area contributed by atoms with Crippen molar-refractivity contribution in [2.24, 2.45) is 5.41 Å². The molecular weight excluding hydrogens is 348 g/mol. The van der Waals surface area contributed by atoms with Gasteiger partial charge in [0.25, 0.3) is 0 Å². The lowest BCUT2D eigenvalue weighted by atomic mass is 9.84. The van der Waals surface area contributed by atoms with Gasteiger partial charge in [0.05, 0.1) is 13.2 Å². The molecule has 0 heterocycles. The van der Waals surface area contributed by atoms with Crippen LogP contribution in [0.25, 0.3) is 0 Å². The Morgan fingerprint density at radius 3 is 2.50 bits per heavy atom. The van der Waals surface area contributed by atoms with E-state index in [1.165, 1.54) is 16.7 Å². The third-order valence-electron chi connectivity index (χ3n) is 5.17. The Kier molecular flexibility index (Phi) is 5.97. The molecule has 1 aliphatic carbocycles. The molecule has 1 atom stereocenters. The maximum Gasteiger partial charge on any atom is 0.224 e. The molecule has 2 aromatic rings. The minimum Gasteiger partial charge on any atom is -0.497 e. The third-order valence-corrected chi connectivity index (χ3v) is 5.17. The van der Waals surface area contributed by atoms with Crippen LogP contribution in [-0.4, -0.2) is 13.0 Å². The molecule has 0 saturated heterocycles. The van der Waals surface area contributed by atoms with E-state index in [2.05, 4.69) is 62.6 Å². The number of carbonyl (C=O) groups is 1. The number of aryl methyl sites for hydroxylation is 2. The number of rotatable bonds is 5. The summed E-state index contributed by atoms with van der Waals surface area (Å²) in [4.78, 5) is 12.3. The van der Waals surface area contributed by atoms with Gasteiger partial charge in [-0.15, -0.1) is 0 Å². The summed E-state index contributed by atoms with van der Waals surface area (Å²) in [7, 11) is 1.68. The highest BCUT2D eigenvalue weighted by atomic mass is 16.5. The first-order valence-electron chi connectivity index (χ1n) is 10.1. The zero-order chi connectivity index (χ0) is 20.3. The Labute approximate surface area is 168 Å². The number of hydrogen-bond donors (Lipinski definition) is 2. The SMILES string of the molecule is COc1ccc(NC2CCCc3cc(NC(=O)CC(C)(C)C)cc(C)c32)cc1. The Morgan fingerprint density at radius 2 is 1.86 bits per heavy atom. The van der Waals surface area contributed by atoms with Crippen molar-refractivity contribution >= 4 is 17.3 Å². The van der Waals surface area contributed by atoms with E-state index in [4.69, 9.17) is 4.74 Å². The fraction of sp³-hybridized carbons (Fsp3) is 0.458. The molecule has 0 spiro atoms. The number of amides is 1. The molecule has 0 bridgehead atoms. The number of ether oxygens (including phenoxy) is 1. The third kappa shape index (κ3) is 5.06. The van der Waals surface area contributed by atoms with E-state index >= 15 is 0 Å². The van der Waals surface area contributed by atoms with Gasteiger partial charge >= 0.3 is 0 Å². The van der Waals surface area contributed by atoms with Crippen LogP contribution in [0, 0.1) is 12.3 Å². The average molecular weight is 381 g/mol. The fourth-order valence-electron chi connectivity index (χ4n) is 4.01. The molecule has 1 amide bonds. The molecule has 4 nitrogen and oxygen atoms in total. The normalized spacial score (nSPS) is 16.2. The van der Waals surface area contributed by atoms with Gasteiger partial charge in [-0.05, 0) is 84.7 Å². The number of fused-ring (bicyclic) bond motifs is 1. The molecule has 0 saturated carbocycles. The fourth-order valence-corrected chi connectivity index (χ4v) is 4.01. The molecule has 0 aromatic heterocycles.